The van der Waals surface area contributed by atoms with E-state index in [1.165, 1.54) is 0 Å². The van der Waals surface area contributed by atoms with Crippen molar-refractivity contribution in [2.45, 2.75) is 39.0 Å². The molecule has 0 amide bonds. The van der Waals surface area contributed by atoms with Crippen molar-refractivity contribution in [1.82, 2.24) is 19.8 Å². The molecule has 0 radical (unpaired) electrons. The van der Waals surface area contributed by atoms with Crippen LogP contribution in [-0.2, 0) is 0 Å². The fourth-order valence-corrected chi connectivity index (χ4v) is 3.46. The van der Waals surface area contributed by atoms with E-state index in [4.69, 9.17) is 0 Å². The first kappa shape index (κ1) is 17.1. The number of aromatic amines is 1. The summed E-state index contributed by atoms with van der Waals surface area (Å²) < 4.78 is 0. The third kappa shape index (κ3) is 3.50. The Hall–Kier alpha value is -1.76. The monoisotopic (exact) mass is 330 g/mol. The molecule has 6 nitrogen and oxygen atoms in total. The molecule has 130 valence electrons. The number of hydrogen-bond donors (Lipinski definition) is 2. The van der Waals surface area contributed by atoms with E-state index in [2.05, 4.69) is 33.6 Å². The van der Waals surface area contributed by atoms with Crippen molar-refractivity contribution in [2.75, 3.05) is 26.2 Å². The zero-order valence-corrected chi connectivity index (χ0v) is 14.6. The first-order chi connectivity index (χ1) is 11.5. The van der Waals surface area contributed by atoms with Gasteiger partial charge in [-0.1, -0.05) is 12.1 Å². The average molecular weight is 330 g/mol. The fourth-order valence-electron chi connectivity index (χ4n) is 3.46. The number of aromatic nitrogens is 2. The van der Waals surface area contributed by atoms with Crippen LogP contribution in [0.4, 0.5) is 0 Å². The molecule has 1 fully saturated rings. The van der Waals surface area contributed by atoms with E-state index < -0.39 is 0 Å². The molecule has 24 heavy (non-hydrogen) atoms. The van der Waals surface area contributed by atoms with Crippen molar-refractivity contribution in [1.29, 1.82) is 0 Å². The number of hydrogen-bond acceptors (Lipinski definition) is 5. The maximum Gasteiger partial charge on any atom is 0.258 e. The van der Waals surface area contributed by atoms with E-state index in [0.717, 1.165) is 31.0 Å². The second-order valence-corrected chi connectivity index (χ2v) is 6.83. The van der Waals surface area contributed by atoms with Gasteiger partial charge in [-0.25, -0.2) is 4.98 Å². The summed E-state index contributed by atoms with van der Waals surface area (Å²) in [5.74, 6) is 0.717. The highest BCUT2D eigenvalue weighted by molar-refractivity contribution is 5.77. The number of H-pyrrole nitrogens is 1. The molecule has 0 aliphatic carbocycles. The Morgan fingerprint density at radius 3 is 2.79 bits per heavy atom. The van der Waals surface area contributed by atoms with Crippen LogP contribution in [-0.4, -0.2) is 63.2 Å². The van der Waals surface area contributed by atoms with Crippen molar-refractivity contribution in [2.24, 2.45) is 0 Å². The van der Waals surface area contributed by atoms with Crippen molar-refractivity contribution in [3.8, 4) is 0 Å². The number of nitrogens with one attached hydrogen (secondary N) is 1. The molecule has 1 aromatic heterocycles. The Labute approximate surface area is 142 Å². The lowest BCUT2D eigenvalue weighted by atomic mass is 10.1. The van der Waals surface area contributed by atoms with Crippen LogP contribution in [0.2, 0.25) is 0 Å². The number of piperazine rings is 1. The zero-order chi connectivity index (χ0) is 17.3. The average Bonchev–Trinajstić information content (AvgIpc) is 2.55. The van der Waals surface area contributed by atoms with Gasteiger partial charge in [0.2, 0.25) is 0 Å². The number of rotatable bonds is 4. The minimum Gasteiger partial charge on any atom is -0.392 e. The Bertz CT molecular complexity index is 758. The quantitative estimate of drug-likeness (QED) is 0.886. The Morgan fingerprint density at radius 1 is 1.33 bits per heavy atom. The van der Waals surface area contributed by atoms with Gasteiger partial charge in [-0.2, -0.15) is 0 Å². The molecule has 0 spiro atoms. The topological polar surface area (TPSA) is 72.5 Å². The van der Waals surface area contributed by atoms with Crippen LogP contribution >= 0.6 is 0 Å². The number of para-hydroxylation sites is 1. The maximum atomic E-state index is 12.3. The van der Waals surface area contributed by atoms with Crippen molar-refractivity contribution < 1.29 is 5.11 Å². The van der Waals surface area contributed by atoms with Crippen LogP contribution in [0.15, 0.2) is 29.1 Å². The summed E-state index contributed by atoms with van der Waals surface area (Å²) >= 11 is 0. The van der Waals surface area contributed by atoms with Crippen molar-refractivity contribution in [3.63, 3.8) is 0 Å². The highest BCUT2D eigenvalue weighted by Crippen LogP contribution is 2.21. The Kier molecular flexibility index (Phi) is 4.99. The largest absolute Gasteiger partial charge is 0.392 e. The first-order valence-corrected chi connectivity index (χ1v) is 8.61. The molecular formula is C18H26N4O2. The molecule has 3 atom stereocenters. The van der Waals surface area contributed by atoms with E-state index in [1.807, 2.05) is 25.1 Å². The van der Waals surface area contributed by atoms with Gasteiger partial charge in [0.05, 0.1) is 23.0 Å². The molecule has 0 saturated carbocycles. The second kappa shape index (κ2) is 7.01. The summed E-state index contributed by atoms with van der Waals surface area (Å²) in [6.45, 7) is 9.50. The SMILES string of the molecule is CC(O)CN1CCN(C(C)c2nc3ccccc3c(=O)[nH]2)CC1C. The minimum absolute atomic E-state index is 0.0541. The van der Waals surface area contributed by atoms with Gasteiger partial charge in [0.25, 0.3) is 5.56 Å². The predicted octanol–water partition coefficient (Wildman–Crippen LogP) is 1.37. The Balaban J connectivity index is 1.78. The number of benzene rings is 1. The molecule has 2 aromatic rings. The van der Waals surface area contributed by atoms with E-state index in [-0.39, 0.29) is 17.7 Å². The lowest BCUT2D eigenvalue weighted by Crippen LogP contribution is -2.54. The molecule has 1 aliphatic heterocycles. The molecule has 3 rings (SSSR count). The summed E-state index contributed by atoms with van der Waals surface area (Å²) in [5, 5.41) is 10.2. The fraction of sp³-hybridized carbons (Fsp3) is 0.556. The van der Waals surface area contributed by atoms with Gasteiger partial charge < -0.3 is 10.1 Å². The van der Waals surface area contributed by atoms with Gasteiger partial charge in [0.1, 0.15) is 5.82 Å². The normalized spacial score (nSPS) is 22.6. The predicted molar refractivity (Wildman–Crippen MR) is 95.1 cm³/mol. The van der Waals surface area contributed by atoms with Crippen LogP contribution in [0.5, 0.6) is 0 Å². The smallest absolute Gasteiger partial charge is 0.258 e. The molecule has 0 bridgehead atoms. The third-order valence-electron chi connectivity index (χ3n) is 4.87. The van der Waals surface area contributed by atoms with Gasteiger partial charge in [-0.3, -0.25) is 14.6 Å². The van der Waals surface area contributed by atoms with Gasteiger partial charge in [-0.05, 0) is 32.9 Å². The summed E-state index contributed by atoms with van der Waals surface area (Å²) in [6.07, 6.45) is -0.310. The minimum atomic E-state index is -0.310. The Morgan fingerprint density at radius 2 is 2.08 bits per heavy atom. The van der Waals surface area contributed by atoms with E-state index in [1.54, 1.807) is 6.07 Å². The molecule has 3 unspecified atom stereocenters. The highest BCUT2D eigenvalue weighted by atomic mass is 16.3. The standard InChI is InChI=1S/C18H26N4O2/c1-12-10-22(9-8-21(12)11-13(2)23)14(3)17-19-16-7-5-4-6-15(16)18(24)20-17/h4-7,12-14,23H,8-11H2,1-3H3,(H,19,20,24). The third-order valence-corrected chi connectivity index (χ3v) is 4.87. The van der Waals surface area contributed by atoms with Crippen LogP contribution in [0.1, 0.15) is 32.6 Å². The molecule has 2 N–H and O–H groups in total. The summed E-state index contributed by atoms with van der Waals surface area (Å²) in [5.41, 5.74) is 0.659. The summed E-state index contributed by atoms with van der Waals surface area (Å²) in [6, 6.07) is 7.85. The van der Waals surface area contributed by atoms with Crippen LogP contribution < -0.4 is 5.56 Å². The zero-order valence-electron chi connectivity index (χ0n) is 14.6. The van der Waals surface area contributed by atoms with Crippen LogP contribution in [0.3, 0.4) is 0 Å². The lowest BCUT2D eigenvalue weighted by molar-refractivity contribution is 0.0289. The van der Waals surface area contributed by atoms with Crippen LogP contribution in [0, 0.1) is 0 Å². The molecule has 6 heteroatoms. The van der Waals surface area contributed by atoms with E-state index in [0.29, 0.717) is 18.0 Å². The van der Waals surface area contributed by atoms with Gasteiger partial charge in [0.15, 0.2) is 0 Å². The lowest BCUT2D eigenvalue weighted by Gasteiger charge is -2.42. The van der Waals surface area contributed by atoms with E-state index in [9.17, 15) is 9.90 Å². The number of aliphatic hydroxyl groups is 1. The molecule has 1 saturated heterocycles. The van der Waals surface area contributed by atoms with E-state index >= 15 is 0 Å². The van der Waals surface area contributed by atoms with Gasteiger partial charge in [0, 0.05) is 32.2 Å². The molecular weight excluding hydrogens is 304 g/mol. The number of aliphatic hydroxyl groups excluding tert-OH is 1. The molecule has 2 heterocycles. The number of fused-ring (bicyclic) bond motifs is 1. The van der Waals surface area contributed by atoms with Gasteiger partial charge >= 0.3 is 0 Å². The molecule has 1 aliphatic rings. The van der Waals surface area contributed by atoms with Crippen molar-refractivity contribution >= 4 is 10.9 Å². The maximum absolute atomic E-state index is 12.3. The van der Waals surface area contributed by atoms with Gasteiger partial charge in [-0.15, -0.1) is 0 Å². The number of β-amino-alcohol motifs (C(OH)–C–C–N with tert-alkyl or cyclic N) is 1. The summed E-state index contributed by atoms with van der Waals surface area (Å²) in [7, 11) is 0. The molecule has 1 aromatic carbocycles. The van der Waals surface area contributed by atoms with Crippen LogP contribution in [0.25, 0.3) is 10.9 Å². The first-order valence-electron chi connectivity index (χ1n) is 8.61. The number of nitrogens with zero attached hydrogens (tertiary/aromatic N) is 3. The summed E-state index contributed by atoms with van der Waals surface area (Å²) in [4.78, 5) is 24.5. The highest BCUT2D eigenvalue weighted by Gasteiger charge is 2.28. The second-order valence-electron chi connectivity index (χ2n) is 6.83. The van der Waals surface area contributed by atoms with Crippen molar-refractivity contribution in [3.05, 3.63) is 40.4 Å².